The van der Waals surface area contributed by atoms with E-state index in [9.17, 15) is 9.59 Å². The minimum absolute atomic E-state index is 0.0873. The Morgan fingerprint density at radius 3 is 1.24 bits per heavy atom. The van der Waals surface area contributed by atoms with E-state index in [-0.39, 0.29) is 23.9 Å². The molecule has 2 unspecified atom stereocenters. The molecule has 2 fully saturated rings. The van der Waals surface area contributed by atoms with Gasteiger partial charge in [-0.15, -0.1) is 0 Å². The molecule has 2 aromatic rings. The number of allylic oxidation sites excluding steroid dienone is 4. The van der Waals surface area contributed by atoms with Crippen LogP contribution < -0.4 is 28.4 Å². The molecule has 0 spiro atoms. The number of ether oxygens (including phenoxy) is 6. The summed E-state index contributed by atoms with van der Waals surface area (Å²) in [5.74, 6) is 3.06. The van der Waals surface area contributed by atoms with Gasteiger partial charge in [0.2, 0.25) is 23.3 Å². The number of piperazine rings is 1. The highest BCUT2D eigenvalue weighted by molar-refractivity contribution is 5.90. The molecule has 0 radical (unpaired) electrons. The van der Waals surface area contributed by atoms with Crippen molar-refractivity contribution >= 4 is 24.0 Å². The van der Waals surface area contributed by atoms with E-state index >= 15 is 0 Å². The highest BCUT2D eigenvalue weighted by atomic mass is 16.5. The van der Waals surface area contributed by atoms with E-state index in [1.165, 1.54) is 0 Å². The summed E-state index contributed by atoms with van der Waals surface area (Å²) in [4.78, 5) is 32.4. The zero-order valence-corrected chi connectivity index (χ0v) is 27.5. The third-order valence-corrected chi connectivity index (χ3v) is 8.04. The van der Waals surface area contributed by atoms with Gasteiger partial charge in [-0.05, 0) is 42.4 Å². The quantitative estimate of drug-likeness (QED) is 0.254. The minimum Gasteiger partial charge on any atom is -0.493 e. The number of methoxy groups -OCH3 is 6. The molecule has 0 aromatic heterocycles. The number of hydrogen-bond acceptors (Lipinski definition) is 9. The second-order valence-corrected chi connectivity index (χ2v) is 10.8. The van der Waals surface area contributed by atoms with Crippen LogP contribution in [0.15, 0.2) is 60.7 Å². The number of carbonyl (C=O) groups excluding carboxylic acids is 2. The molecule has 0 N–H and O–H groups in total. The Hall–Kier alpha value is -4.90. The Labute approximate surface area is 270 Å². The SMILES string of the molecule is COc1cc(C=CC=CC(=O)N2CCN(C(=O)C=CC=Cc3cc(OC)c(OC)c(OC)c3)C3CN(C)CC32)cc(OC)c1OC. The van der Waals surface area contributed by atoms with E-state index in [1.807, 2.05) is 53.3 Å². The maximum absolute atomic E-state index is 13.3. The fraction of sp³-hybridized carbons (Fsp3) is 0.371. The molecule has 0 aliphatic carbocycles. The first-order chi connectivity index (χ1) is 22.3. The van der Waals surface area contributed by atoms with E-state index in [0.29, 0.717) is 60.7 Å². The number of likely N-dealkylation sites (tertiary alicyclic amines) is 1. The summed E-state index contributed by atoms with van der Waals surface area (Å²) < 4.78 is 32.4. The molecule has 2 heterocycles. The van der Waals surface area contributed by atoms with Crippen LogP contribution in [-0.2, 0) is 9.59 Å². The molecule has 246 valence electrons. The topological polar surface area (TPSA) is 99.2 Å². The van der Waals surface area contributed by atoms with Gasteiger partial charge in [-0.25, -0.2) is 0 Å². The lowest BCUT2D eigenvalue weighted by Crippen LogP contribution is -2.61. The fourth-order valence-electron chi connectivity index (χ4n) is 5.86. The van der Waals surface area contributed by atoms with Crippen LogP contribution in [0.25, 0.3) is 12.2 Å². The maximum Gasteiger partial charge on any atom is 0.246 e. The molecule has 11 nitrogen and oxygen atoms in total. The predicted molar refractivity (Wildman–Crippen MR) is 177 cm³/mol. The van der Waals surface area contributed by atoms with Crippen LogP contribution in [0.4, 0.5) is 0 Å². The molecular weight excluding hydrogens is 590 g/mol. The van der Waals surface area contributed by atoms with Crippen LogP contribution in [-0.4, -0.2) is 114 Å². The van der Waals surface area contributed by atoms with Crippen LogP contribution in [0.2, 0.25) is 0 Å². The van der Waals surface area contributed by atoms with Gasteiger partial charge in [0.1, 0.15) is 0 Å². The Balaban J connectivity index is 1.40. The third-order valence-electron chi connectivity index (χ3n) is 8.04. The van der Waals surface area contributed by atoms with Gasteiger partial charge in [0.05, 0.1) is 54.7 Å². The summed E-state index contributed by atoms with van der Waals surface area (Å²) in [5.41, 5.74) is 1.67. The highest BCUT2D eigenvalue weighted by Crippen LogP contribution is 2.39. The molecule has 11 heteroatoms. The first-order valence-corrected chi connectivity index (χ1v) is 14.9. The molecule has 2 aliphatic heterocycles. The second kappa shape index (κ2) is 15.9. The average molecular weight is 634 g/mol. The highest BCUT2D eigenvalue weighted by Gasteiger charge is 2.44. The molecule has 2 aromatic carbocycles. The number of hydrogen-bond donors (Lipinski definition) is 0. The van der Waals surface area contributed by atoms with Gasteiger partial charge < -0.3 is 43.1 Å². The Kier molecular flexibility index (Phi) is 11.7. The van der Waals surface area contributed by atoms with Crippen molar-refractivity contribution in [3.8, 4) is 34.5 Å². The largest absolute Gasteiger partial charge is 0.493 e. The van der Waals surface area contributed by atoms with Crippen LogP contribution in [0.1, 0.15) is 11.1 Å². The molecule has 2 aliphatic rings. The fourth-order valence-corrected chi connectivity index (χ4v) is 5.86. The lowest BCUT2D eigenvalue weighted by atomic mass is 10.0. The van der Waals surface area contributed by atoms with Crippen LogP contribution in [0.5, 0.6) is 34.5 Å². The first kappa shape index (κ1) is 34.0. The summed E-state index contributed by atoms with van der Waals surface area (Å²) in [7, 11) is 11.4. The van der Waals surface area contributed by atoms with Gasteiger partial charge in [0.15, 0.2) is 23.0 Å². The van der Waals surface area contributed by atoms with Gasteiger partial charge >= 0.3 is 0 Å². The van der Waals surface area contributed by atoms with Crippen molar-refractivity contribution in [1.82, 2.24) is 14.7 Å². The van der Waals surface area contributed by atoms with Crippen molar-refractivity contribution in [2.45, 2.75) is 12.1 Å². The normalized spacial score (nSPS) is 18.5. The Morgan fingerprint density at radius 1 is 0.587 bits per heavy atom. The van der Waals surface area contributed by atoms with Crippen molar-refractivity contribution < 1.29 is 38.0 Å². The van der Waals surface area contributed by atoms with Crippen molar-refractivity contribution in [3.63, 3.8) is 0 Å². The Morgan fingerprint density at radius 2 is 0.935 bits per heavy atom. The van der Waals surface area contributed by atoms with Gasteiger partial charge in [0.25, 0.3) is 0 Å². The van der Waals surface area contributed by atoms with Crippen molar-refractivity contribution in [2.75, 3.05) is 75.9 Å². The van der Waals surface area contributed by atoms with Gasteiger partial charge in [0, 0.05) is 38.3 Å². The number of nitrogens with zero attached hydrogens (tertiary/aromatic N) is 3. The minimum atomic E-state index is -0.0953. The molecule has 2 atom stereocenters. The number of likely N-dealkylation sites (N-methyl/N-ethyl adjacent to an activating group) is 1. The molecule has 0 saturated carbocycles. The summed E-state index contributed by atoms with van der Waals surface area (Å²) in [6.45, 7) is 2.30. The van der Waals surface area contributed by atoms with Gasteiger partial charge in [-0.3, -0.25) is 9.59 Å². The van der Waals surface area contributed by atoms with Crippen molar-refractivity contribution in [1.29, 1.82) is 0 Å². The number of fused-ring (bicyclic) bond motifs is 1. The van der Waals surface area contributed by atoms with E-state index in [2.05, 4.69) is 4.90 Å². The van der Waals surface area contributed by atoms with E-state index in [1.54, 1.807) is 79.1 Å². The lowest BCUT2D eigenvalue weighted by molar-refractivity contribution is -0.139. The van der Waals surface area contributed by atoms with Crippen LogP contribution >= 0.6 is 0 Å². The van der Waals surface area contributed by atoms with E-state index < -0.39 is 0 Å². The molecular formula is C35H43N3O8. The first-order valence-electron chi connectivity index (χ1n) is 14.9. The third kappa shape index (κ3) is 7.66. The molecule has 2 saturated heterocycles. The second-order valence-electron chi connectivity index (χ2n) is 10.8. The zero-order chi connectivity index (χ0) is 33.2. The standard InChI is InChI=1S/C35H43N3O8/c1-36-22-26-27(23-36)38(33(40)15-11-9-13-25-20-30(43-4)35(46-7)31(21-25)44-5)17-16-37(26)32(39)14-10-8-12-24-18-28(41-2)34(45-6)29(19-24)42-3/h8-15,18-21,26-27H,16-17,22-23H2,1-7H3. The monoisotopic (exact) mass is 633 g/mol. The molecule has 46 heavy (non-hydrogen) atoms. The van der Waals surface area contributed by atoms with E-state index in [0.717, 1.165) is 11.1 Å². The molecule has 2 amide bonds. The molecule has 0 bridgehead atoms. The van der Waals surface area contributed by atoms with Crippen LogP contribution in [0.3, 0.4) is 0 Å². The number of benzene rings is 2. The number of amides is 2. The summed E-state index contributed by atoms with van der Waals surface area (Å²) in [5, 5.41) is 0. The summed E-state index contributed by atoms with van der Waals surface area (Å²) >= 11 is 0. The number of carbonyl (C=O) groups is 2. The zero-order valence-electron chi connectivity index (χ0n) is 27.5. The average Bonchev–Trinajstić information content (AvgIpc) is 3.47. The smallest absolute Gasteiger partial charge is 0.246 e. The van der Waals surface area contributed by atoms with Gasteiger partial charge in [-0.2, -0.15) is 0 Å². The van der Waals surface area contributed by atoms with Crippen molar-refractivity contribution in [2.24, 2.45) is 0 Å². The Bertz CT molecular complexity index is 1350. The summed E-state index contributed by atoms with van der Waals surface area (Å²) in [6, 6.07) is 7.14. The van der Waals surface area contributed by atoms with Gasteiger partial charge in [-0.1, -0.05) is 36.5 Å². The predicted octanol–water partition coefficient (Wildman–Crippen LogP) is 3.93. The summed E-state index contributed by atoms with van der Waals surface area (Å²) in [6.07, 6.45) is 13.9. The molecule has 4 rings (SSSR count). The van der Waals surface area contributed by atoms with Crippen LogP contribution in [0, 0.1) is 0 Å². The van der Waals surface area contributed by atoms with E-state index in [4.69, 9.17) is 28.4 Å². The van der Waals surface area contributed by atoms with Crippen molar-refractivity contribution in [3.05, 3.63) is 71.8 Å². The number of rotatable bonds is 12. The lowest BCUT2D eigenvalue weighted by Gasteiger charge is -2.43. The maximum atomic E-state index is 13.3.